The SMILES string of the molecule is CCCCNC(=O)C(C)=C(OC)OC. The molecule has 0 unspecified atom stereocenters. The number of carbonyl (C=O) groups excluding carboxylic acids is 1. The van der Waals surface area contributed by atoms with Crippen LogP contribution in [0.25, 0.3) is 0 Å². The van der Waals surface area contributed by atoms with Crippen molar-refractivity contribution in [3.8, 4) is 0 Å². The number of methoxy groups -OCH3 is 2. The van der Waals surface area contributed by atoms with Crippen LogP contribution in [0.3, 0.4) is 0 Å². The van der Waals surface area contributed by atoms with Crippen molar-refractivity contribution in [2.75, 3.05) is 20.8 Å². The maximum absolute atomic E-state index is 11.4. The minimum atomic E-state index is -0.142. The van der Waals surface area contributed by atoms with Gasteiger partial charge >= 0.3 is 0 Å². The molecule has 0 aromatic rings. The van der Waals surface area contributed by atoms with Gasteiger partial charge in [-0.25, -0.2) is 0 Å². The quantitative estimate of drug-likeness (QED) is 0.402. The van der Waals surface area contributed by atoms with Crippen LogP contribution in [0.5, 0.6) is 0 Å². The maximum Gasteiger partial charge on any atom is 0.287 e. The third-order valence-electron chi connectivity index (χ3n) is 1.83. The van der Waals surface area contributed by atoms with E-state index >= 15 is 0 Å². The lowest BCUT2D eigenvalue weighted by Gasteiger charge is -2.09. The molecule has 0 fully saturated rings. The highest BCUT2D eigenvalue weighted by Crippen LogP contribution is 2.05. The number of rotatable bonds is 6. The van der Waals surface area contributed by atoms with E-state index in [0.29, 0.717) is 12.1 Å². The Morgan fingerprint density at radius 3 is 2.29 bits per heavy atom. The molecule has 0 radical (unpaired) electrons. The number of unbranched alkanes of at least 4 members (excludes halogenated alkanes) is 1. The van der Waals surface area contributed by atoms with Crippen LogP contribution in [0.4, 0.5) is 0 Å². The molecule has 0 saturated heterocycles. The molecule has 0 spiro atoms. The summed E-state index contributed by atoms with van der Waals surface area (Å²) in [6, 6.07) is 0. The van der Waals surface area contributed by atoms with Gasteiger partial charge in [0.2, 0.25) is 0 Å². The summed E-state index contributed by atoms with van der Waals surface area (Å²) in [6.45, 7) is 4.43. The van der Waals surface area contributed by atoms with Crippen LogP contribution in [0.15, 0.2) is 11.5 Å². The summed E-state index contributed by atoms with van der Waals surface area (Å²) >= 11 is 0. The lowest BCUT2D eigenvalue weighted by atomic mass is 10.3. The van der Waals surface area contributed by atoms with E-state index < -0.39 is 0 Å². The minimum absolute atomic E-state index is 0.142. The number of nitrogens with one attached hydrogen (secondary N) is 1. The molecule has 82 valence electrons. The van der Waals surface area contributed by atoms with Gasteiger partial charge in [0.1, 0.15) is 0 Å². The van der Waals surface area contributed by atoms with Crippen LogP contribution in [-0.2, 0) is 14.3 Å². The Bertz CT molecular complexity index is 205. The summed E-state index contributed by atoms with van der Waals surface area (Å²) in [5.74, 6) is 0.121. The Hall–Kier alpha value is -1.19. The van der Waals surface area contributed by atoms with Crippen molar-refractivity contribution in [2.24, 2.45) is 0 Å². The zero-order valence-electron chi connectivity index (χ0n) is 9.35. The average Bonchev–Trinajstić information content (AvgIpc) is 2.19. The molecule has 0 aliphatic rings. The van der Waals surface area contributed by atoms with E-state index in [1.54, 1.807) is 6.92 Å². The monoisotopic (exact) mass is 201 g/mol. The molecule has 0 saturated carbocycles. The Morgan fingerprint density at radius 1 is 1.29 bits per heavy atom. The van der Waals surface area contributed by atoms with Crippen LogP contribution in [-0.4, -0.2) is 26.7 Å². The van der Waals surface area contributed by atoms with Crippen LogP contribution >= 0.6 is 0 Å². The third-order valence-corrected chi connectivity index (χ3v) is 1.83. The second-order valence-corrected chi connectivity index (χ2v) is 2.93. The largest absolute Gasteiger partial charge is 0.468 e. The van der Waals surface area contributed by atoms with E-state index in [1.165, 1.54) is 14.2 Å². The Kier molecular flexibility index (Phi) is 6.62. The first-order chi connectivity index (χ1) is 6.67. The minimum Gasteiger partial charge on any atom is -0.468 e. The zero-order chi connectivity index (χ0) is 11.0. The summed E-state index contributed by atoms with van der Waals surface area (Å²) in [5, 5.41) is 2.78. The number of hydrogen-bond donors (Lipinski definition) is 1. The fourth-order valence-corrected chi connectivity index (χ4v) is 0.993. The molecule has 1 amide bonds. The molecular formula is C10H19NO3. The summed E-state index contributed by atoms with van der Waals surface area (Å²) in [6.07, 6.45) is 2.04. The lowest BCUT2D eigenvalue weighted by Crippen LogP contribution is -2.26. The van der Waals surface area contributed by atoms with Gasteiger partial charge in [-0.1, -0.05) is 13.3 Å². The number of carbonyl (C=O) groups is 1. The van der Waals surface area contributed by atoms with Gasteiger partial charge in [0.05, 0.1) is 19.8 Å². The summed E-state index contributed by atoms with van der Waals surface area (Å²) < 4.78 is 9.77. The maximum atomic E-state index is 11.4. The average molecular weight is 201 g/mol. The predicted octanol–water partition coefficient (Wildman–Crippen LogP) is 1.43. The van der Waals surface area contributed by atoms with Crippen molar-refractivity contribution in [3.05, 3.63) is 11.5 Å². The van der Waals surface area contributed by atoms with Gasteiger partial charge in [0.15, 0.2) is 0 Å². The van der Waals surface area contributed by atoms with Crippen molar-refractivity contribution in [3.63, 3.8) is 0 Å². The first kappa shape index (κ1) is 12.8. The van der Waals surface area contributed by atoms with E-state index in [4.69, 9.17) is 9.47 Å². The zero-order valence-corrected chi connectivity index (χ0v) is 9.35. The van der Waals surface area contributed by atoms with Crippen LogP contribution in [0.1, 0.15) is 26.7 Å². The molecule has 0 aliphatic heterocycles. The normalized spacial score (nSPS) is 9.14. The molecule has 0 heterocycles. The molecule has 4 nitrogen and oxygen atoms in total. The Labute approximate surface area is 85.3 Å². The molecule has 0 aromatic carbocycles. The Balaban J connectivity index is 4.15. The van der Waals surface area contributed by atoms with Crippen molar-refractivity contribution < 1.29 is 14.3 Å². The molecule has 1 N–H and O–H groups in total. The second-order valence-electron chi connectivity index (χ2n) is 2.93. The Morgan fingerprint density at radius 2 is 1.86 bits per heavy atom. The molecule has 4 heteroatoms. The fourth-order valence-electron chi connectivity index (χ4n) is 0.993. The van der Waals surface area contributed by atoms with Crippen molar-refractivity contribution in [1.29, 1.82) is 0 Å². The van der Waals surface area contributed by atoms with Crippen LogP contribution in [0.2, 0.25) is 0 Å². The van der Waals surface area contributed by atoms with Crippen molar-refractivity contribution >= 4 is 5.91 Å². The fraction of sp³-hybridized carbons (Fsp3) is 0.700. The molecule has 14 heavy (non-hydrogen) atoms. The smallest absolute Gasteiger partial charge is 0.287 e. The van der Waals surface area contributed by atoms with Gasteiger partial charge in [-0.15, -0.1) is 0 Å². The van der Waals surface area contributed by atoms with Gasteiger partial charge in [-0.2, -0.15) is 0 Å². The van der Waals surface area contributed by atoms with E-state index in [2.05, 4.69) is 12.2 Å². The first-order valence-corrected chi connectivity index (χ1v) is 4.74. The van der Waals surface area contributed by atoms with Crippen molar-refractivity contribution in [2.45, 2.75) is 26.7 Å². The molecule has 0 atom stereocenters. The van der Waals surface area contributed by atoms with Gasteiger partial charge in [0.25, 0.3) is 11.9 Å². The van der Waals surface area contributed by atoms with Gasteiger partial charge < -0.3 is 14.8 Å². The van der Waals surface area contributed by atoms with Crippen molar-refractivity contribution in [1.82, 2.24) is 5.32 Å². The molecule has 0 rings (SSSR count). The molecule has 0 aromatic heterocycles. The van der Waals surface area contributed by atoms with E-state index in [-0.39, 0.29) is 11.9 Å². The summed E-state index contributed by atoms with van der Waals surface area (Å²) in [4.78, 5) is 11.4. The number of ether oxygens (including phenoxy) is 2. The van der Waals surface area contributed by atoms with E-state index in [9.17, 15) is 4.79 Å². The van der Waals surface area contributed by atoms with Gasteiger partial charge in [0, 0.05) is 6.54 Å². The standard InChI is InChI=1S/C10H19NO3/c1-5-6-7-11-9(12)8(2)10(13-3)14-4/h5-7H2,1-4H3,(H,11,12). The topological polar surface area (TPSA) is 47.6 Å². The van der Waals surface area contributed by atoms with E-state index in [0.717, 1.165) is 12.8 Å². The molecule has 0 aliphatic carbocycles. The molecular weight excluding hydrogens is 182 g/mol. The summed E-state index contributed by atoms with van der Waals surface area (Å²) in [7, 11) is 2.95. The second kappa shape index (κ2) is 7.24. The lowest BCUT2D eigenvalue weighted by molar-refractivity contribution is -0.118. The number of hydrogen-bond acceptors (Lipinski definition) is 3. The number of amides is 1. The highest BCUT2D eigenvalue weighted by atomic mass is 16.7. The summed E-state index contributed by atoms with van der Waals surface area (Å²) in [5.41, 5.74) is 0.464. The predicted molar refractivity (Wildman–Crippen MR) is 54.6 cm³/mol. The van der Waals surface area contributed by atoms with Gasteiger partial charge in [-0.3, -0.25) is 4.79 Å². The highest BCUT2D eigenvalue weighted by Gasteiger charge is 2.10. The van der Waals surface area contributed by atoms with Gasteiger partial charge in [-0.05, 0) is 13.3 Å². The third kappa shape index (κ3) is 4.16. The highest BCUT2D eigenvalue weighted by molar-refractivity contribution is 5.92. The van der Waals surface area contributed by atoms with Crippen LogP contribution in [0, 0.1) is 0 Å². The van der Waals surface area contributed by atoms with E-state index in [1.807, 2.05) is 0 Å². The van der Waals surface area contributed by atoms with Crippen LogP contribution < -0.4 is 5.32 Å². The first-order valence-electron chi connectivity index (χ1n) is 4.74. The molecule has 0 bridgehead atoms.